The molecule has 0 atom stereocenters. The van der Waals surface area contributed by atoms with Gasteiger partial charge in [-0.15, -0.1) is 0 Å². The Morgan fingerprint density at radius 1 is 1.16 bits per heavy atom. The minimum Gasteiger partial charge on any atom is -0.353 e. The van der Waals surface area contributed by atoms with Gasteiger partial charge in [0.1, 0.15) is 11.5 Å². The van der Waals surface area contributed by atoms with E-state index in [1.54, 1.807) is 6.07 Å². The highest BCUT2D eigenvalue weighted by molar-refractivity contribution is 5.94. The second-order valence-electron chi connectivity index (χ2n) is 5.34. The van der Waals surface area contributed by atoms with Crippen molar-refractivity contribution >= 4 is 22.7 Å². The summed E-state index contributed by atoms with van der Waals surface area (Å²) in [6, 6.07) is 6.46. The van der Waals surface area contributed by atoms with Crippen molar-refractivity contribution in [1.82, 2.24) is 25.2 Å². The van der Waals surface area contributed by atoms with Crippen LogP contribution in [0.25, 0.3) is 10.9 Å². The smallest absolute Gasteiger partial charge is 0.271 e. The summed E-state index contributed by atoms with van der Waals surface area (Å²) in [6.45, 7) is 0.702. The van der Waals surface area contributed by atoms with E-state index in [0.29, 0.717) is 13.1 Å². The second-order valence-corrected chi connectivity index (χ2v) is 5.34. The molecule has 1 aromatic carbocycles. The molecule has 0 spiro atoms. The van der Waals surface area contributed by atoms with Crippen LogP contribution in [0.5, 0.6) is 0 Å². The molecule has 128 valence electrons. The molecule has 7 nitrogen and oxygen atoms in total. The molecular formula is C17H16FN5O2. The minimum absolute atomic E-state index is 0.149. The third-order valence-corrected chi connectivity index (χ3v) is 3.62. The normalized spacial score (nSPS) is 10.6. The molecule has 0 radical (unpaired) electrons. The molecule has 0 aliphatic carbocycles. The first kappa shape index (κ1) is 16.6. The highest BCUT2D eigenvalue weighted by atomic mass is 19.1. The van der Waals surface area contributed by atoms with Crippen molar-refractivity contribution in [2.75, 3.05) is 13.1 Å². The Kier molecular flexibility index (Phi) is 4.98. The SMILES string of the molecule is O=C(CNC(=O)c1cnccn1)NCCn1ccc2ccc(F)cc21. The first-order valence-electron chi connectivity index (χ1n) is 7.69. The molecule has 2 N–H and O–H groups in total. The molecule has 0 bridgehead atoms. The fraction of sp³-hybridized carbons (Fsp3) is 0.176. The Hall–Kier alpha value is -3.29. The third kappa shape index (κ3) is 4.17. The molecule has 2 amide bonds. The van der Waals surface area contributed by atoms with Crippen LogP contribution < -0.4 is 10.6 Å². The largest absolute Gasteiger partial charge is 0.353 e. The number of hydrogen-bond acceptors (Lipinski definition) is 4. The Morgan fingerprint density at radius 2 is 2.04 bits per heavy atom. The van der Waals surface area contributed by atoms with E-state index in [0.717, 1.165) is 10.9 Å². The van der Waals surface area contributed by atoms with Crippen molar-refractivity contribution in [3.05, 3.63) is 60.6 Å². The van der Waals surface area contributed by atoms with Gasteiger partial charge in [0, 0.05) is 31.7 Å². The van der Waals surface area contributed by atoms with Crippen molar-refractivity contribution in [2.45, 2.75) is 6.54 Å². The minimum atomic E-state index is -0.463. The van der Waals surface area contributed by atoms with Gasteiger partial charge in [-0.1, -0.05) is 0 Å². The van der Waals surface area contributed by atoms with Gasteiger partial charge >= 0.3 is 0 Å². The van der Waals surface area contributed by atoms with Crippen molar-refractivity contribution in [2.24, 2.45) is 0 Å². The molecule has 3 rings (SSSR count). The van der Waals surface area contributed by atoms with Crippen molar-refractivity contribution in [3.8, 4) is 0 Å². The lowest BCUT2D eigenvalue weighted by Gasteiger charge is -2.08. The molecule has 2 aromatic heterocycles. The van der Waals surface area contributed by atoms with Crippen LogP contribution >= 0.6 is 0 Å². The maximum absolute atomic E-state index is 13.3. The van der Waals surface area contributed by atoms with Crippen molar-refractivity contribution in [1.29, 1.82) is 0 Å². The first-order valence-corrected chi connectivity index (χ1v) is 7.69. The van der Waals surface area contributed by atoms with Crippen LogP contribution in [0, 0.1) is 5.82 Å². The summed E-state index contributed by atoms with van der Waals surface area (Å²) < 4.78 is 15.2. The number of amides is 2. The van der Waals surface area contributed by atoms with Gasteiger partial charge in [0.2, 0.25) is 5.91 Å². The lowest BCUT2D eigenvalue weighted by molar-refractivity contribution is -0.120. The van der Waals surface area contributed by atoms with Crippen LogP contribution in [0.4, 0.5) is 4.39 Å². The van der Waals surface area contributed by atoms with Crippen LogP contribution in [-0.2, 0) is 11.3 Å². The zero-order valence-corrected chi connectivity index (χ0v) is 13.3. The Balaban J connectivity index is 1.46. The predicted octanol–water partition coefficient (Wildman–Crippen LogP) is 1.12. The van der Waals surface area contributed by atoms with E-state index in [9.17, 15) is 14.0 Å². The zero-order chi connectivity index (χ0) is 17.6. The summed E-state index contributed by atoms with van der Waals surface area (Å²) in [6.07, 6.45) is 6.02. The number of hydrogen-bond donors (Lipinski definition) is 2. The highest BCUT2D eigenvalue weighted by Crippen LogP contribution is 2.16. The summed E-state index contributed by atoms with van der Waals surface area (Å²) in [5, 5.41) is 6.11. The Bertz CT molecular complexity index is 894. The number of aromatic nitrogens is 3. The number of fused-ring (bicyclic) bond motifs is 1. The maximum atomic E-state index is 13.3. The second kappa shape index (κ2) is 7.52. The molecule has 0 aliphatic rings. The predicted molar refractivity (Wildman–Crippen MR) is 89.3 cm³/mol. The summed E-state index contributed by atoms with van der Waals surface area (Å²) in [4.78, 5) is 31.2. The van der Waals surface area contributed by atoms with Gasteiger partial charge in [-0.2, -0.15) is 0 Å². The van der Waals surface area contributed by atoms with E-state index in [1.165, 1.54) is 30.7 Å². The number of carbonyl (C=O) groups is 2. The molecule has 25 heavy (non-hydrogen) atoms. The number of nitrogens with zero attached hydrogens (tertiary/aromatic N) is 3. The molecule has 2 heterocycles. The molecule has 0 fully saturated rings. The number of nitrogens with one attached hydrogen (secondary N) is 2. The summed E-state index contributed by atoms with van der Waals surface area (Å²) in [5.41, 5.74) is 0.918. The third-order valence-electron chi connectivity index (χ3n) is 3.62. The van der Waals surface area contributed by atoms with Crippen LogP contribution in [0.2, 0.25) is 0 Å². The summed E-state index contributed by atoms with van der Waals surface area (Å²) in [5.74, 6) is -1.08. The molecule has 3 aromatic rings. The summed E-state index contributed by atoms with van der Waals surface area (Å²) in [7, 11) is 0. The van der Waals surface area contributed by atoms with Gasteiger partial charge < -0.3 is 15.2 Å². The van der Waals surface area contributed by atoms with Gasteiger partial charge in [0.15, 0.2) is 0 Å². The highest BCUT2D eigenvalue weighted by Gasteiger charge is 2.09. The Labute approximate surface area is 142 Å². The van der Waals surface area contributed by atoms with Crippen LogP contribution in [0.3, 0.4) is 0 Å². The van der Waals surface area contributed by atoms with Gasteiger partial charge in [0.05, 0.1) is 18.3 Å². The maximum Gasteiger partial charge on any atom is 0.271 e. The number of halogens is 1. The van der Waals surface area contributed by atoms with Crippen LogP contribution in [0.15, 0.2) is 49.1 Å². The van der Waals surface area contributed by atoms with Gasteiger partial charge in [0.25, 0.3) is 5.91 Å². The lowest BCUT2D eigenvalue weighted by Crippen LogP contribution is -2.38. The lowest BCUT2D eigenvalue weighted by atomic mass is 10.2. The quantitative estimate of drug-likeness (QED) is 0.703. The average molecular weight is 341 g/mol. The molecule has 0 aliphatic heterocycles. The molecule has 0 saturated heterocycles. The number of carbonyl (C=O) groups excluding carboxylic acids is 2. The number of rotatable bonds is 6. The van der Waals surface area contributed by atoms with E-state index >= 15 is 0 Å². The van der Waals surface area contributed by atoms with Gasteiger partial charge in [-0.3, -0.25) is 14.6 Å². The molecule has 0 saturated carbocycles. The monoisotopic (exact) mass is 341 g/mol. The topological polar surface area (TPSA) is 88.9 Å². The zero-order valence-electron chi connectivity index (χ0n) is 13.3. The standard InChI is InChI=1S/C17H16FN5O2/c18-13-2-1-12-3-7-23(15(12)9-13)8-6-21-16(24)11-22-17(25)14-10-19-4-5-20-14/h1-5,7,9-10H,6,8,11H2,(H,21,24)(H,22,25). The molecule has 0 unspecified atom stereocenters. The van der Waals surface area contributed by atoms with Crippen molar-refractivity contribution < 1.29 is 14.0 Å². The van der Waals surface area contributed by atoms with Gasteiger partial charge in [-0.25, -0.2) is 9.37 Å². The van der Waals surface area contributed by atoms with E-state index < -0.39 is 5.91 Å². The summed E-state index contributed by atoms with van der Waals surface area (Å²) >= 11 is 0. The van der Waals surface area contributed by atoms with E-state index in [-0.39, 0.29) is 24.0 Å². The van der Waals surface area contributed by atoms with Gasteiger partial charge in [-0.05, 0) is 29.7 Å². The first-order chi connectivity index (χ1) is 12.1. The fourth-order valence-electron chi connectivity index (χ4n) is 2.40. The average Bonchev–Trinajstić information content (AvgIpc) is 3.02. The van der Waals surface area contributed by atoms with E-state index in [1.807, 2.05) is 16.8 Å². The van der Waals surface area contributed by atoms with E-state index in [2.05, 4.69) is 20.6 Å². The van der Waals surface area contributed by atoms with Crippen molar-refractivity contribution in [3.63, 3.8) is 0 Å². The molecule has 8 heteroatoms. The Morgan fingerprint density at radius 3 is 2.84 bits per heavy atom. The fourth-order valence-corrected chi connectivity index (χ4v) is 2.40. The van der Waals surface area contributed by atoms with Crippen LogP contribution in [0.1, 0.15) is 10.5 Å². The van der Waals surface area contributed by atoms with E-state index in [4.69, 9.17) is 0 Å². The number of benzene rings is 1. The van der Waals surface area contributed by atoms with Crippen LogP contribution in [-0.4, -0.2) is 39.4 Å². The molecular weight excluding hydrogens is 325 g/mol.